The number of rotatable bonds is 6. The quantitative estimate of drug-likeness (QED) is 0.762. The molecule has 0 aliphatic rings. The number of ether oxygens (including phenoxy) is 1. The zero-order valence-corrected chi connectivity index (χ0v) is 11.6. The van der Waals surface area contributed by atoms with Gasteiger partial charge in [-0.2, -0.15) is 0 Å². The van der Waals surface area contributed by atoms with Crippen LogP contribution in [0, 0.1) is 0 Å². The summed E-state index contributed by atoms with van der Waals surface area (Å²) >= 11 is 5.71. The third-order valence-electron chi connectivity index (χ3n) is 2.43. The number of esters is 1. The first-order valence-corrected chi connectivity index (χ1v) is 6.30. The highest BCUT2D eigenvalue weighted by molar-refractivity contribution is 6.30. The SMILES string of the molecule is C[C@@H](OC(=O)CCNC(=O)c1ccc(Cl)cc1)C(N)=O. The maximum absolute atomic E-state index is 11.7. The molecule has 1 aromatic rings. The van der Waals surface area contributed by atoms with E-state index >= 15 is 0 Å². The molecule has 0 saturated heterocycles. The summed E-state index contributed by atoms with van der Waals surface area (Å²) in [6.07, 6.45) is -1.02. The molecule has 0 fully saturated rings. The summed E-state index contributed by atoms with van der Waals surface area (Å²) in [6.45, 7) is 1.48. The first kappa shape index (κ1) is 16.0. The Labute approximate surface area is 121 Å². The Morgan fingerprint density at radius 2 is 1.90 bits per heavy atom. The minimum atomic E-state index is -0.977. The summed E-state index contributed by atoms with van der Waals surface area (Å²) in [5.74, 6) is -1.64. The molecule has 0 spiro atoms. The number of nitrogens with two attached hydrogens (primary N) is 1. The van der Waals surface area contributed by atoms with Gasteiger partial charge in [-0.1, -0.05) is 11.6 Å². The molecular formula is C13H15ClN2O4. The van der Waals surface area contributed by atoms with Crippen LogP contribution in [-0.2, 0) is 14.3 Å². The molecule has 0 aromatic heterocycles. The summed E-state index contributed by atoms with van der Waals surface area (Å²) in [5.41, 5.74) is 5.39. The molecule has 0 unspecified atom stereocenters. The summed E-state index contributed by atoms with van der Waals surface area (Å²) in [5, 5.41) is 3.09. The Morgan fingerprint density at radius 3 is 2.45 bits per heavy atom. The third-order valence-corrected chi connectivity index (χ3v) is 2.68. The average Bonchev–Trinajstić information content (AvgIpc) is 2.39. The van der Waals surface area contributed by atoms with Gasteiger partial charge in [0, 0.05) is 17.1 Å². The molecule has 7 heteroatoms. The molecule has 108 valence electrons. The van der Waals surface area contributed by atoms with E-state index in [0.29, 0.717) is 10.6 Å². The number of hydrogen-bond acceptors (Lipinski definition) is 4. The van der Waals surface area contributed by atoms with Crippen LogP contribution in [0.1, 0.15) is 23.7 Å². The minimum absolute atomic E-state index is 0.0447. The standard InChI is InChI=1S/C13H15ClN2O4/c1-8(12(15)18)20-11(17)6-7-16-13(19)9-2-4-10(14)5-3-9/h2-5,8H,6-7H2,1H3,(H2,15,18)(H,16,19)/t8-/m1/s1. The molecule has 20 heavy (non-hydrogen) atoms. The topological polar surface area (TPSA) is 98.5 Å². The van der Waals surface area contributed by atoms with Gasteiger partial charge >= 0.3 is 5.97 Å². The fourth-order valence-electron chi connectivity index (χ4n) is 1.30. The fraction of sp³-hybridized carbons (Fsp3) is 0.308. The molecular weight excluding hydrogens is 284 g/mol. The van der Waals surface area contributed by atoms with Crippen molar-refractivity contribution in [2.75, 3.05) is 6.54 Å². The van der Waals surface area contributed by atoms with Crippen LogP contribution in [-0.4, -0.2) is 30.4 Å². The van der Waals surface area contributed by atoms with Gasteiger partial charge in [0.1, 0.15) is 0 Å². The number of nitrogens with one attached hydrogen (secondary N) is 1. The zero-order valence-electron chi connectivity index (χ0n) is 10.9. The molecule has 1 rings (SSSR count). The van der Waals surface area contributed by atoms with Crippen LogP contribution < -0.4 is 11.1 Å². The Balaban J connectivity index is 2.33. The van der Waals surface area contributed by atoms with Gasteiger partial charge in [0.2, 0.25) is 0 Å². The van der Waals surface area contributed by atoms with Gasteiger partial charge in [-0.3, -0.25) is 14.4 Å². The number of carbonyl (C=O) groups is 3. The van der Waals surface area contributed by atoms with E-state index in [-0.39, 0.29) is 18.9 Å². The second-order valence-electron chi connectivity index (χ2n) is 4.05. The van der Waals surface area contributed by atoms with Crippen molar-refractivity contribution >= 4 is 29.4 Å². The van der Waals surface area contributed by atoms with E-state index in [1.165, 1.54) is 6.92 Å². The number of primary amides is 1. The molecule has 0 saturated carbocycles. The van der Waals surface area contributed by atoms with Crippen molar-refractivity contribution in [3.8, 4) is 0 Å². The van der Waals surface area contributed by atoms with Gasteiger partial charge in [-0.05, 0) is 31.2 Å². The molecule has 0 bridgehead atoms. The lowest BCUT2D eigenvalue weighted by Crippen LogP contribution is -2.32. The van der Waals surface area contributed by atoms with Gasteiger partial charge in [0.25, 0.3) is 11.8 Å². The van der Waals surface area contributed by atoms with Gasteiger partial charge in [-0.15, -0.1) is 0 Å². The van der Waals surface area contributed by atoms with Crippen molar-refractivity contribution in [2.45, 2.75) is 19.4 Å². The maximum Gasteiger partial charge on any atom is 0.308 e. The van der Waals surface area contributed by atoms with Crippen molar-refractivity contribution in [1.82, 2.24) is 5.32 Å². The number of hydrogen-bond donors (Lipinski definition) is 2. The molecule has 1 aromatic carbocycles. The highest BCUT2D eigenvalue weighted by Crippen LogP contribution is 2.09. The molecule has 1 atom stereocenters. The first-order chi connectivity index (χ1) is 9.40. The second-order valence-corrected chi connectivity index (χ2v) is 4.48. The summed E-state index contributed by atoms with van der Waals surface area (Å²) in [4.78, 5) is 33.7. The van der Waals surface area contributed by atoms with Gasteiger partial charge < -0.3 is 15.8 Å². The van der Waals surface area contributed by atoms with E-state index in [9.17, 15) is 14.4 Å². The van der Waals surface area contributed by atoms with Gasteiger partial charge in [0.15, 0.2) is 6.10 Å². The van der Waals surface area contributed by atoms with Crippen LogP contribution in [0.3, 0.4) is 0 Å². The number of carbonyl (C=O) groups excluding carboxylic acids is 3. The fourth-order valence-corrected chi connectivity index (χ4v) is 1.42. The Bertz CT molecular complexity index is 502. The van der Waals surface area contributed by atoms with Gasteiger partial charge in [0.05, 0.1) is 6.42 Å². The average molecular weight is 299 g/mol. The van der Waals surface area contributed by atoms with Crippen molar-refractivity contribution in [3.63, 3.8) is 0 Å². The van der Waals surface area contributed by atoms with Crippen molar-refractivity contribution < 1.29 is 19.1 Å². The zero-order chi connectivity index (χ0) is 15.1. The number of halogens is 1. The van der Waals surface area contributed by atoms with E-state index in [2.05, 4.69) is 5.32 Å². The first-order valence-electron chi connectivity index (χ1n) is 5.92. The Kier molecular flexibility index (Phi) is 5.99. The molecule has 0 aliphatic heterocycles. The monoisotopic (exact) mass is 298 g/mol. The van der Waals surface area contributed by atoms with Crippen LogP contribution in [0.5, 0.6) is 0 Å². The lowest BCUT2D eigenvalue weighted by atomic mass is 10.2. The van der Waals surface area contributed by atoms with Crippen LogP contribution in [0.25, 0.3) is 0 Å². The minimum Gasteiger partial charge on any atom is -0.453 e. The van der Waals surface area contributed by atoms with E-state index in [1.807, 2.05) is 0 Å². The lowest BCUT2D eigenvalue weighted by molar-refractivity contribution is -0.153. The molecule has 0 radical (unpaired) electrons. The van der Waals surface area contributed by atoms with Crippen molar-refractivity contribution in [3.05, 3.63) is 34.9 Å². The predicted octanol–water partition coefficient (Wildman–Crippen LogP) is 0.877. The highest BCUT2D eigenvalue weighted by Gasteiger charge is 2.14. The lowest BCUT2D eigenvalue weighted by Gasteiger charge is -2.09. The Hall–Kier alpha value is -2.08. The summed E-state index contributed by atoms with van der Waals surface area (Å²) in [6, 6.07) is 6.34. The second kappa shape index (κ2) is 7.49. The highest BCUT2D eigenvalue weighted by atomic mass is 35.5. The van der Waals surface area contributed by atoms with E-state index in [1.54, 1.807) is 24.3 Å². The van der Waals surface area contributed by atoms with Crippen LogP contribution >= 0.6 is 11.6 Å². The maximum atomic E-state index is 11.7. The smallest absolute Gasteiger partial charge is 0.308 e. The van der Waals surface area contributed by atoms with Crippen LogP contribution in [0.4, 0.5) is 0 Å². The normalized spacial score (nSPS) is 11.5. The largest absolute Gasteiger partial charge is 0.453 e. The summed E-state index contributed by atoms with van der Waals surface area (Å²) in [7, 11) is 0. The molecule has 0 heterocycles. The number of amides is 2. The predicted molar refractivity (Wildman–Crippen MR) is 73.2 cm³/mol. The molecule has 6 nitrogen and oxygen atoms in total. The van der Waals surface area contributed by atoms with E-state index in [4.69, 9.17) is 22.1 Å². The van der Waals surface area contributed by atoms with Crippen molar-refractivity contribution in [1.29, 1.82) is 0 Å². The van der Waals surface area contributed by atoms with E-state index < -0.39 is 18.0 Å². The third kappa shape index (κ3) is 5.27. The Morgan fingerprint density at radius 1 is 1.30 bits per heavy atom. The number of benzene rings is 1. The summed E-state index contributed by atoms with van der Waals surface area (Å²) < 4.78 is 4.73. The molecule has 3 N–H and O–H groups in total. The van der Waals surface area contributed by atoms with Crippen LogP contribution in [0.2, 0.25) is 5.02 Å². The van der Waals surface area contributed by atoms with Crippen molar-refractivity contribution in [2.24, 2.45) is 5.73 Å². The van der Waals surface area contributed by atoms with Gasteiger partial charge in [-0.25, -0.2) is 0 Å². The molecule has 0 aliphatic carbocycles. The molecule has 2 amide bonds. The van der Waals surface area contributed by atoms with E-state index in [0.717, 1.165) is 0 Å². The van der Waals surface area contributed by atoms with Crippen LogP contribution in [0.15, 0.2) is 24.3 Å².